The summed E-state index contributed by atoms with van der Waals surface area (Å²) in [5, 5.41) is 23.4. The van der Waals surface area contributed by atoms with Crippen molar-refractivity contribution in [2.45, 2.75) is 18.7 Å². The van der Waals surface area contributed by atoms with Crippen molar-refractivity contribution in [1.29, 1.82) is 0 Å². The Morgan fingerprint density at radius 1 is 1.05 bits per heavy atom. The molecule has 0 saturated carbocycles. The molecule has 196 valence electrons. The lowest BCUT2D eigenvalue weighted by molar-refractivity contribution is 0.102. The number of nitrogens with zero attached hydrogens (tertiary/aromatic N) is 2. The molecule has 0 aliphatic carbocycles. The molecule has 0 atom stereocenters. The Morgan fingerprint density at radius 3 is 2.50 bits per heavy atom. The molecule has 0 aliphatic rings. The number of nitrogens with one attached hydrogen (secondary N) is 1. The van der Waals surface area contributed by atoms with Crippen LogP contribution >= 0.6 is 23.2 Å². The molecule has 9 nitrogen and oxygen atoms in total. The number of carbonyl (C=O) groups is 1. The second-order valence-corrected chi connectivity index (χ2v) is 10.3. The van der Waals surface area contributed by atoms with Crippen LogP contribution in [0.3, 0.4) is 0 Å². The molecular weight excluding hydrogens is 553 g/mol. The highest BCUT2D eigenvalue weighted by Gasteiger charge is 2.21. The number of phenols is 1. The summed E-state index contributed by atoms with van der Waals surface area (Å²) in [5.41, 5.74) is 0.647. The van der Waals surface area contributed by atoms with Crippen molar-refractivity contribution in [1.82, 2.24) is 0 Å². The number of carbonyl (C=O) groups excluding carboxylic acids is 1. The zero-order chi connectivity index (χ0) is 27.6. The molecule has 0 aliphatic heterocycles. The van der Waals surface area contributed by atoms with Gasteiger partial charge in [0, 0.05) is 16.5 Å². The van der Waals surface area contributed by atoms with Crippen molar-refractivity contribution in [3.05, 3.63) is 81.8 Å². The van der Waals surface area contributed by atoms with Crippen molar-refractivity contribution in [2.75, 3.05) is 11.9 Å². The maximum absolute atomic E-state index is 13.2. The lowest BCUT2D eigenvalue weighted by Gasteiger charge is -2.14. The molecule has 1 amide bonds. The third-order valence-electron chi connectivity index (χ3n) is 5.48. The van der Waals surface area contributed by atoms with Gasteiger partial charge in [-0.05, 0) is 55.1 Å². The fourth-order valence-corrected chi connectivity index (χ4v) is 4.95. The molecule has 12 heteroatoms. The van der Waals surface area contributed by atoms with E-state index >= 15 is 0 Å². The molecular formula is C26H21Cl2N3O6S. The van der Waals surface area contributed by atoms with Gasteiger partial charge in [-0.2, -0.15) is 13.5 Å². The van der Waals surface area contributed by atoms with E-state index in [9.17, 15) is 22.9 Å². The van der Waals surface area contributed by atoms with Crippen LogP contribution in [0.1, 0.15) is 22.8 Å². The van der Waals surface area contributed by atoms with Crippen LogP contribution in [0, 0.1) is 6.92 Å². The van der Waals surface area contributed by atoms with E-state index in [1.807, 2.05) is 0 Å². The number of ether oxygens (including phenoxy) is 1. The SMILES string of the molecule is CCOc1cc(Cl)ccc1NC(=O)c1cc2ccccc2c(N=Nc2cc(C)c(Cl)c(S(=O)(=O)O)c2)c1O. The minimum Gasteiger partial charge on any atom is -0.505 e. The van der Waals surface area contributed by atoms with Crippen molar-refractivity contribution in [3.63, 3.8) is 0 Å². The number of hydrogen-bond acceptors (Lipinski definition) is 7. The number of hydrogen-bond donors (Lipinski definition) is 3. The van der Waals surface area contributed by atoms with Gasteiger partial charge in [-0.15, -0.1) is 5.11 Å². The number of phenolic OH excluding ortho intramolecular Hbond substituents is 1. The van der Waals surface area contributed by atoms with Gasteiger partial charge in [0.1, 0.15) is 16.3 Å². The molecule has 4 aromatic carbocycles. The van der Waals surface area contributed by atoms with Crippen LogP contribution in [0.5, 0.6) is 11.5 Å². The van der Waals surface area contributed by atoms with Crippen LogP contribution < -0.4 is 10.1 Å². The van der Waals surface area contributed by atoms with Gasteiger partial charge >= 0.3 is 0 Å². The van der Waals surface area contributed by atoms with Crippen molar-refractivity contribution >= 4 is 67.1 Å². The summed E-state index contributed by atoms with van der Waals surface area (Å²) in [6.45, 7) is 3.68. The third kappa shape index (κ3) is 5.73. The highest BCUT2D eigenvalue weighted by atomic mass is 35.5. The first-order valence-electron chi connectivity index (χ1n) is 11.2. The van der Waals surface area contributed by atoms with Crippen molar-refractivity contribution in [2.24, 2.45) is 10.2 Å². The highest BCUT2D eigenvalue weighted by molar-refractivity contribution is 7.86. The van der Waals surface area contributed by atoms with Gasteiger partial charge in [-0.25, -0.2) is 0 Å². The lowest BCUT2D eigenvalue weighted by Crippen LogP contribution is -2.13. The third-order valence-corrected chi connectivity index (χ3v) is 7.21. The van der Waals surface area contributed by atoms with Crippen LogP contribution in [0.4, 0.5) is 17.1 Å². The molecule has 0 unspecified atom stereocenters. The van der Waals surface area contributed by atoms with E-state index in [1.165, 1.54) is 12.1 Å². The van der Waals surface area contributed by atoms with E-state index in [1.54, 1.807) is 56.3 Å². The number of fused-ring (bicyclic) bond motifs is 1. The molecule has 0 aromatic heterocycles. The summed E-state index contributed by atoms with van der Waals surface area (Å²) in [6, 6.07) is 15.7. The minimum absolute atomic E-state index is 0.0182. The number of aryl methyl sites for hydroxylation is 1. The number of aromatic hydroxyl groups is 1. The van der Waals surface area contributed by atoms with Crippen molar-refractivity contribution in [3.8, 4) is 11.5 Å². The summed E-state index contributed by atoms with van der Waals surface area (Å²) in [4.78, 5) is 12.7. The maximum atomic E-state index is 13.2. The fourth-order valence-electron chi connectivity index (χ4n) is 3.73. The molecule has 38 heavy (non-hydrogen) atoms. The van der Waals surface area contributed by atoms with E-state index in [2.05, 4.69) is 15.5 Å². The Balaban J connectivity index is 1.80. The highest BCUT2D eigenvalue weighted by Crippen LogP contribution is 2.40. The Bertz CT molecular complexity index is 1710. The smallest absolute Gasteiger partial charge is 0.296 e. The second-order valence-electron chi connectivity index (χ2n) is 8.12. The Labute approximate surface area is 228 Å². The standard InChI is InChI=1S/C26H21Cl2N3O6S/c1-3-37-21-12-16(27)8-9-20(21)29-26(33)19-11-15-6-4-5-7-18(15)24(25(19)32)31-30-17-10-14(2)23(28)22(13-17)38(34,35)36/h4-13,32H,3H2,1-2H3,(H,29,33)(H,34,35,36). The predicted octanol–water partition coefficient (Wildman–Crippen LogP) is 7.47. The molecule has 4 rings (SSSR count). The number of benzene rings is 4. The van der Waals surface area contributed by atoms with Gasteiger partial charge in [-0.3, -0.25) is 9.35 Å². The Hall–Kier alpha value is -3.70. The minimum atomic E-state index is -4.62. The number of rotatable bonds is 7. The summed E-state index contributed by atoms with van der Waals surface area (Å²) in [5.74, 6) is -0.720. The van der Waals surface area contributed by atoms with E-state index in [-0.39, 0.29) is 22.0 Å². The molecule has 0 saturated heterocycles. The van der Waals surface area contributed by atoms with Crippen LogP contribution in [0.25, 0.3) is 10.8 Å². The monoisotopic (exact) mass is 573 g/mol. The number of azo groups is 1. The van der Waals surface area contributed by atoms with E-state index < -0.39 is 26.7 Å². The van der Waals surface area contributed by atoms with Crippen LogP contribution in [-0.2, 0) is 10.1 Å². The first-order chi connectivity index (χ1) is 18.0. The Morgan fingerprint density at radius 2 is 1.79 bits per heavy atom. The quantitative estimate of drug-likeness (QED) is 0.155. The van der Waals surface area contributed by atoms with Crippen molar-refractivity contribution < 1.29 is 27.6 Å². The topological polar surface area (TPSA) is 138 Å². The fraction of sp³-hybridized carbons (Fsp3) is 0.115. The van der Waals surface area contributed by atoms with Gasteiger partial charge in [0.25, 0.3) is 16.0 Å². The first kappa shape index (κ1) is 27.3. The molecule has 0 bridgehead atoms. The zero-order valence-corrected chi connectivity index (χ0v) is 22.4. The predicted molar refractivity (Wildman–Crippen MR) is 146 cm³/mol. The molecule has 3 N–H and O–H groups in total. The zero-order valence-electron chi connectivity index (χ0n) is 20.1. The largest absolute Gasteiger partial charge is 0.505 e. The Kier molecular flexibility index (Phi) is 7.89. The molecule has 4 aromatic rings. The number of amides is 1. The molecule has 0 radical (unpaired) electrons. The molecule has 0 heterocycles. The van der Waals surface area contributed by atoms with E-state index in [0.717, 1.165) is 6.07 Å². The van der Waals surface area contributed by atoms with Gasteiger partial charge in [0.05, 0.1) is 28.6 Å². The molecule has 0 spiro atoms. The number of halogens is 2. The average molecular weight is 574 g/mol. The van der Waals surface area contributed by atoms with E-state index in [4.69, 9.17) is 27.9 Å². The first-order valence-corrected chi connectivity index (χ1v) is 13.4. The normalized spacial score (nSPS) is 11.7. The van der Waals surface area contributed by atoms with Crippen LogP contribution in [-0.4, -0.2) is 30.6 Å². The average Bonchev–Trinajstić information content (AvgIpc) is 2.86. The summed E-state index contributed by atoms with van der Waals surface area (Å²) in [6.07, 6.45) is 0. The van der Waals surface area contributed by atoms with Gasteiger partial charge < -0.3 is 15.2 Å². The number of anilines is 1. The second kappa shape index (κ2) is 11.0. The summed E-state index contributed by atoms with van der Waals surface area (Å²) < 4.78 is 38.5. The summed E-state index contributed by atoms with van der Waals surface area (Å²) >= 11 is 12.1. The van der Waals surface area contributed by atoms with E-state index in [0.29, 0.717) is 39.4 Å². The van der Waals surface area contributed by atoms with Gasteiger partial charge in [0.15, 0.2) is 5.75 Å². The maximum Gasteiger partial charge on any atom is 0.296 e. The van der Waals surface area contributed by atoms with Gasteiger partial charge in [0.2, 0.25) is 0 Å². The molecule has 0 fully saturated rings. The summed E-state index contributed by atoms with van der Waals surface area (Å²) in [7, 11) is -4.62. The van der Waals surface area contributed by atoms with Crippen LogP contribution in [0.2, 0.25) is 10.0 Å². The van der Waals surface area contributed by atoms with Gasteiger partial charge in [-0.1, -0.05) is 47.5 Å². The lowest BCUT2D eigenvalue weighted by atomic mass is 10.0. The van der Waals surface area contributed by atoms with Crippen LogP contribution in [0.15, 0.2) is 75.8 Å².